The number of benzene rings is 1. The van der Waals surface area contributed by atoms with Crippen LogP contribution >= 0.6 is 0 Å². The lowest BCUT2D eigenvalue weighted by Crippen LogP contribution is -2.27. The summed E-state index contributed by atoms with van der Waals surface area (Å²) in [6.07, 6.45) is 12.1. The molecule has 0 saturated carbocycles. The Hall–Kier alpha value is -3.15. The van der Waals surface area contributed by atoms with Gasteiger partial charge in [-0.15, -0.1) is 0 Å². The Morgan fingerprint density at radius 3 is 2.17 bits per heavy atom. The highest BCUT2D eigenvalue weighted by Gasteiger charge is 2.29. The molecule has 0 aliphatic heterocycles. The van der Waals surface area contributed by atoms with Gasteiger partial charge >= 0.3 is 11.6 Å². The fraction of sp³-hybridized carbons (Fsp3) is 0.571. The van der Waals surface area contributed by atoms with Gasteiger partial charge in [-0.3, -0.25) is 4.79 Å². The number of hydrogen-bond donors (Lipinski definition) is 0. The highest BCUT2D eigenvalue weighted by Crippen LogP contribution is 2.27. The molecule has 1 aromatic carbocycles. The minimum atomic E-state index is -0.392. The number of unbranched alkanes of at least 4 members (excludes halogenated alkanes) is 8. The Bertz CT molecular complexity index is 1290. The summed E-state index contributed by atoms with van der Waals surface area (Å²) in [6.45, 7) is 11.5. The van der Waals surface area contributed by atoms with E-state index < -0.39 is 5.63 Å². The van der Waals surface area contributed by atoms with Gasteiger partial charge in [-0.2, -0.15) is 4.98 Å². The second kappa shape index (κ2) is 16.3. The minimum Gasteiger partial charge on any atom is -0.478 e. The van der Waals surface area contributed by atoms with Crippen LogP contribution in [0, 0.1) is 18.3 Å². The molecular weight excluding hydrogens is 514 g/mol. The van der Waals surface area contributed by atoms with Gasteiger partial charge in [0.25, 0.3) is 0 Å². The Labute approximate surface area is 245 Å². The molecule has 0 atom stereocenters. The Morgan fingerprint density at radius 1 is 0.878 bits per heavy atom. The normalized spacial score (nSPS) is 11.8. The van der Waals surface area contributed by atoms with Gasteiger partial charge < -0.3 is 13.9 Å². The summed E-state index contributed by atoms with van der Waals surface area (Å²) in [5.74, 6) is 1.03. The van der Waals surface area contributed by atoms with Crippen molar-refractivity contribution in [2.45, 2.75) is 105 Å². The molecule has 0 amide bonds. The number of nitrogens with zero attached hydrogens (tertiary/aromatic N) is 1. The maximum atomic E-state index is 12.6. The molecule has 2 aromatic heterocycles. The van der Waals surface area contributed by atoms with Crippen molar-refractivity contribution in [2.24, 2.45) is 11.3 Å². The highest BCUT2D eigenvalue weighted by molar-refractivity contribution is 5.80. The van der Waals surface area contributed by atoms with Crippen molar-refractivity contribution in [3.8, 4) is 17.0 Å². The zero-order valence-electron chi connectivity index (χ0n) is 25.8. The SMILES string of the molecule is Cc1ccccc1-c1cc2ccc(OCCCCCCCCCCCOC(=O)C(C)(C)CCC(C)C)nc2oc1=O. The van der Waals surface area contributed by atoms with Crippen LogP contribution < -0.4 is 10.4 Å². The largest absolute Gasteiger partial charge is 0.478 e. The molecule has 0 bridgehead atoms. The summed E-state index contributed by atoms with van der Waals surface area (Å²) >= 11 is 0. The van der Waals surface area contributed by atoms with E-state index in [9.17, 15) is 9.59 Å². The van der Waals surface area contributed by atoms with Crippen molar-refractivity contribution in [1.82, 2.24) is 4.98 Å². The molecule has 41 heavy (non-hydrogen) atoms. The van der Waals surface area contributed by atoms with E-state index in [1.165, 1.54) is 32.1 Å². The summed E-state index contributed by atoms with van der Waals surface area (Å²) < 4.78 is 16.9. The maximum Gasteiger partial charge on any atom is 0.345 e. The van der Waals surface area contributed by atoms with Crippen molar-refractivity contribution in [3.05, 3.63) is 58.4 Å². The molecular formula is C35H49NO5. The van der Waals surface area contributed by atoms with Crippen LogP contribution in [0.1, 0.15) is 104 Å². The Balaban J connectivity index is 1.24. The lowest BCUT2D eigenvalue weighted by Gasteiger charge is -2.23. The number of carbonyl (C=O) groups is 1. The van der Waals surface area contributed by atoms with Crippen molar-refractivity contribution in [1.29, 1.82) is 0 Å². The Kier molecular flexibility index (Phi) is 12.9. The first kappa shape index (κ1) is 32.4. The summed E-state index contributed by atoms with van der Waals surface area (Å²) in [7, 11) is 0. The lowest BCUT2D eigenvalue weighted by molar-refractivity contribution is -0.154. The minimum absolute atomic E-state index is 0.0578. The zero-order chi connectivity index (χ0) is 29.7. The third kappa shape index (κ3) is 10.6. The third-order valence-electron chi connectivity index (χ3n) is 7.68. The first-order chi connectivity index (χ1) is 19.7. The van der Waals surface area contributed by atoms with Crippen LogP contribution in [0.5, 0.6) is 5.88 Å². The van der Waals surface area contributed by atoms with Gasteiger partial charge in [0.05, 0.1) is 24.2 Å². The van der Waals surface area contributed by atoms with Crippen LogP contribution in [0.2, 0.25) is 0 Å². The molecule has 3 rings (SSSR count). The highest BCUT2D eigenvalue weighted by atomic mass is 16.5. The molecule has 3 aromatic rings. The molecule has 0 aliphatic rings. The fourth-order valence-electron chi connectivity index (χ4n) is 4.86. The van der Waals surface area contributed by atoms with Crippen molar-refractivity contribution in [3.63, 3.8) is 0 Å². The van der Waals surface area contributed by atoms with Crippen LogP contribution in [0.4, 0.5) is 0 Å². The van der Waals surface area contributed by atoms with Crippen molar-refractivity contribution in [2.75, 3.05) is 13.2 Å². The topological polar surface area (TPSA) is 78.6 Å². The standard InChI is InChI=1S/C35H49NO5/c1-26(2)21-22-35(4,5)34(38)40-24-16-12-10-8-6-7-9-11-15-23-39-31-20-19-28-25-30(33(37)41-32(28)36-31)29-18-14-13-17-27(29)3/h13-14,17-20,25-26H,6-12,15-16,21-24H2,1-5H3. The summed E-state index contributed by atoms with van der Waals surface area (Å²) in [5, 5.41) is 0.775. The maximum absolute atomic E-state index is 12.6. The molecule has 0 saturated heterocycles. The lowest BCUT2D eigenvalue weighted by atomic mass is 9.85. The van der Waals surface area contributed by atoms with Gasteiger partial charge in [0.2, 0.25) is 11.6 Å². The van der Waals surface area contributed by atoms with E-state index in [-0.39, 0.29) is 11.4 Å². The number of esters is 1. The van der Waals surface area contributed by atoms with Gasteiger partial charge in [-0.1, -0.05) is 83.1 Å². The fourth-order valence-corrected chi connectivity index (χ4v) is 4.86. The molecule has 0 unspecified atom stereocenters. The number of fused-ring (bicyclic) bond motifs is 1. The zero-order valence-corrected chi connectivity index (χ0v) is 25.8. The van der Waals surface area contributed by atoms with Gasteiger partial charge in [0.15, 0.2) is 0 Å². The monoisotopic (exact) mass is 563 g/mol. The predicted molar refractivity (Wildman–Crippen MR) is 166 cm³/mol. The molecule has 0 spiro atoms. The van der Waals surface area contributed by atoms with Gasteiger partial charge in [0.1, 0.15) is 0 Å². The van der Waals surface area contributed by atoms with Crippen LogP contribution in [0.15, 0.2) is 51.7 Å². The number of carbonyl (C=O) groups excluding carboxylic acids is 1. The molecule has 0 fully saturated rings. The average Bonchev–Trinajstić information content (AvgIpc) is 2.94. The summed E-state index contributed by atoms with van der Waals surface area (Å²) in [6, 6.07) is 13.3. The van der Waals surface area contributed by atoms with Crippen LogP contribution in [-0.4, -0.2) is 24.2 Å². The summed E-state index contributed by atoms with van der Waals surface area (Å²) in [4.78, 5) is 29.3. The molecule has 6 nitrogen and oxygen atoms in total. The summed E-state index contributed by atoms with van der Waals surface area (Å²) in [5.41, 5.74) is 1.97. The van der Waals surface area contributed by atoms with Crippen LogP contribution in [0.25, 0.3) is 22.2 Å². The number of ether oxygens (including phenoxy) is 2. The second-order valence-corrected chi connectivity index (χ2v) is 12.3. The molecule has 224 valence electrons. The molecule has 6 heteroatoms. The Morgan fingerprint density at radius 2 is 1.51 bits per heavy atom. The van der Waals surface area contributed by atoms with Crippen LogP contribution in [-0.2, 0) is 9.53 Å². The van der Waals surface area contributed by atoms with Crippen molar-refractivity contribution >= 4 is 17.1 Å². The van der Waals surface area contributed by atoms with E-state index in [2.05, 4.69) is 18.8 Å². The first-order valence-electron chi connectivity index (χ1n) is 15.5. The van der Waals surface area contributed by atoms with E-state index >= 15 is 0 Å². The van der Waals surface area contributed by atoms with E-state index in [1.807, 2.05) is 63.2 Å². The predicted octanol–water partition coefficient (Wildman–Crippen LogP) is 9.06. The van der Waals surface area contributed by atoms with Crippen molar-refractivity contribution < 1.29 is 18.7 Å². The molecule has 0 N–H and O–H groups in total. The van der Waals surface area contributed by atoms with Gasteiger partial charge in [-0.25, -0.2) is 4.79 Å². The van der Waals surface area contributed by atoms with E-state index in [4.69, 9.17) is 13.9 Å². The van der Waals surface area contributed by atoms with E-state index in [1.54, 1.807) is 0 Å². The second-order valence-electron chi connectivity index (χ2n) is 12.3. The number of rotatable bonds is 18. The van der Waals surface area contributed by atoms with E-state index in [0.29, 0.717) is 36.3 Å². The molecule has 2 heterocycles. The number of aryl methyl sites for hydroxylation is 1. The molecule has 0 aliphatic carbocycles. The smallest absolute Gasteiger partial charge is 0.345 e. The molecule has 0 radical (unpaired) electrons. The van der Waals surface area contributed by atoms with Gasteiger partial charge in [-0.05, 0) is 75.6 Å². The van der Waals surface area contributed by atoms with E-state index in [0.717, 1.165) is 55.0 Å². The van der Waals surface area contributed by atoms with Crippen LogP contribution in [0.3, 0.4) is 0 Å². The number of pyridine rings is 1. The average molecular weight is 564 g/mol. The first-order valence-corrected chi connectivity index (χ1v) is 15.5. The third-order valence-corrected chi connectivity index (χ3v) is 7.68. The van der Waals surface area contributed by atoms with Gasteiger partial charge in [0, 0.05) is 11.5 Å². The number of aromatic nitrogens is 1. The quantitative estimate of drug-likeness (QED) is 0.113. The number of hydrogen-bond acceptors (Lipinski definition) is 6.